The summed E-state index contributed by atoms with van der Waals surface area (Å²) in [5, 5.41) is 3.35. The standard InChI is InChI=1S/C15H16BrFN2/c1-10-8-11(2-7-14(10)17)15(9-18)19-13-5-3-12(16)4-6-13/h2-8,15,19H,9,18H2,1H3. The first-order chi connectivity index (χ1) is 9.10. The van der Waals surface area contributed by atoms with Gasteiger partial charge in [0.2, 0.25) is 0 Å². The molecule has 0 aliphatic heterocycles. The van der Waals surface area contributed by atoms with Crippen molar-refractivity contribution in [1.29, 1.82) is 0 Å². The van der Waals surface area contributed by atoms with E-state index in [1.807, 2.05) is 30.3 Å². The van der Waals surface area contributed by atoms with Crippen molar-refractivity contribution < 1.29 is 4.39 Å². The molecular weight excluding hydrogens is 307 g/mol. The average molecular weight is 323 g/mol. The second kappa shape index (κ2) is 6.17. The molecule has 0 fully saturated rings. The number of hydrogen-bond acceptors (Lipinski definition) is 2. The van der Waals surface area contributed by atoms with Gasteiger partial charge in [-0.3, -0.25) is 0 Å². The lowest BCUT2D eigenvalue weighted by Crippen LogP contribution is -2.20. The Morgan fingerprint density at radius 3 is 2.47 bits per heavy atom. The number of anilines is 1. The molecule has 19 heavy (non-hydrogen) atoms. The van der Waals surface area contributed by atoms with Crippen LogP contribution in [0.1, 0.15) is 17.2 Å². The molecular formula is C15H16BrFN2. The number of benzene rings is 2. The van der Waals surface area contributed by atoms with Gasteiger partial charge in [0.1, 0.15) is 5.82 Å². The molecule has 0 radical (unpaired) electrons. The van der Waals surface area contributed by atoms with Crippen molar-refractivity contribution in [3.8, 4) is 0 Å². The van der Waals surface area contributed by atoms with Crippen LogP contribution in [-0.2, 0) is 0 Å². The fourth-order valence-corrected chi connectivity index (χ4v) is 2.17. The zero-order chi connectivity index (χ0) is 13.8. The molecule has 0 aromatic heterocycles. The SMILES string of the molecule is Cc1cc(C(CN)Nc2ccc(Br)cc2)ccc1F. The van der Waals surface area contributed by atoms with Crippen molar-refractivity contribution in [3.63, 3.8) is 0 Å². The Balaban J connectivity index is 2.19. The van der Waals surface area contributed by atoms with Crippen molar-refractivity contribution in [3.05, 3.63) is 63.9 Å². The summed E-state index contributed by atoms with van der Waals surface area (Å²) >= 11 is 3.40. The van der Waals surface area contributed by atoms with Gasteiger partial charge in [-0.1, -0.05) is 28.1 Å². The minimum Gasteiger partial charge on any atom is -0.377 e. The maximum Gasteiger partial charge on any atom is 0.126 e. The predicted octanol–water partition coefficient (Wildman–Crippen LogP) is 4.01. The highest BCUT2D eigenvalue weighted by Crippen LogP contribution is 2.22. The smallest absolute Gasteiger partial charge is 0.126 e. The largest absolute Gasteiger partial charge is 0.377 e. The van der Waals surface area contributed by atoms with E-state index in [0.717, 1.165) is 15.7 Å². The van der Waals surface area contributed by atoms with Crippen molar-refractivity contribution in [2.45, 2.75) is 13.0 Å². The first kappa shape index (κ1) is 14.0. The third kappa shape index (κ3) is 3.55. The van der Waals surface area contributed by atoms with Crippen LogP contribution >= 0.6 is 15.9 Å². The van der Waals surface area contributed by atoms with E-state index < -0.39 is 0 Å². The Bertz CT molecular complexity index is 555. The molecule has 2 nitrogen and oxygen atoms in total. The third-order valence-corrected chi connectivity index (χ3v) is 3.53. The molecule has 0 aliphatic rings. The van der Waals surface area contributed by atoms with Crippen molar-refractivity contribution in [1.82, 2.24) is 0 Å². The summed E-state index contributed by atoms with van der Waals surface area (Å²) in [6, 6.07) is 12.9. The summed E-state index contributed by atoms with van der Waals surface area (Å²) in [5.74, 6) is -0.192. The number of rotatable bonds is 4. The summed E-state index contributed by atoms with van der Waals surface area (Å²) < 4.78 is 14.3. The number of nitrogens with two attached hydrogens (primary N) is 1. The molecule has 3 N–H and O–H groups in total. The van der Waals surface area contributed by atoms with Gasteiger partial charge in [-0.2, -0.15) is 0 Å². The lowest BCUT2D eigenvalue weighted by molar-refractivity contribution is 0.616. The monoisotopic (exact) mass is 322 g/mol. The molecule has 1 unspecified atom stereocenters. The van der Waals surface area contributed by atoms with E-state index in [0.29, 0.717) is 12.1 Å². The molecule has 0 spiro atoms. The highest BCUT2D eigenvalue weighted by Gasteiger charge is 2.10. The fraction of sp³-hybridized carbons (Fsp3) is 0.200. The van der Waals surface area contributed by atoms with Gasteiger partial charge >= 0.3 is 0 Å². The minimum absolute atomic E-state index is 0.0273. The number of halogens is 2. The molecule has 0 saturated carbocycles. The van der Waals surface area contributed by atoms with E-state index in [4.69, 9.17) is 5.73 Å². The van der Waals surface area contributed by atoms with Crippen LogP contribution in [0.2, 0.25) is 0 Å². The van der Waals surface area contributed by atoms with Crippen LogP contribution in [0.5, 0.6) is 0 Å². The van der Waals surface area contributed by atoms with Crippen molar-refractivity contribution in [2.24, 2.45) is 5.73 Å². The molecule has 1 atom stereocenters. The Kier molecular flexibility index (Phi) is 4.56. The van der Waals surface area contributed by atoms with Crippen LogP contribution in [0.4, 0.5) is 10.1 Å². The molecule has 0 heterocycles. The number of aryl methyl sites for hydroxylation is 1. The van der Waals surface area contributed by atoms with Gasteiger partial charge in [0, 0.05) is 16.7 Å². The molecule has 2 aromatic rings. The number of nitrogens with one attached hydrogen (secondary N) is 1. The molecule has 0 amide bonds. The van der Waals surface area contributed by atoms with E-state index in [-0.39, 0.29) is 11.9 Å². The lowest BCUT2D eigenvalue weighted by atomic mass is 10.0. The van der Waals surface area contributed by atoms with Crippen molar-refractivity contribution >= 4 is 21.6 Å². The maximum atomic E-state index is 13.3. The Hall–Kier alpha value is -1.39. The normalized spacial score (nSPS) is 12.2. The van der Waals surface area contributed by atoms with Gasteiger partial charge in [0.25, 0.3) is 0 Å². The summed E-state index contributed by atoms with van der Waals surface area (Å²) in [4.78, 5) is 0. The molecule has 4 heteroatoms. The molecule has 100 valence electrons. The second-order valence-corrected chi connectivity index (χ2v) is 5.36. The average Bonchev–Trinajstić information content (AvgIpc) is 2.41. The quantitative estimate of drug-likeness (QED) is 0.892. The Labute approximate surface area is 121 Å². The van der Waals surface area contributed by atoms with Gasteiger partial charge in [-0.05, 0) is 48.4 Å². The first-order valence-electron chi connectivity index (χ1n) is 6.08. The van der Waals surface area contributed by atoms with Crippen LogP contribution in [0.3, 0.4) is 0 Å². The molecule has 2 rings (SSSR count). The van der Waals surface area contributed by atoms with Crippen LogP contribution in [-0.4, -0.2) is 6.54 Å². The van der Waals surface area contributed by atoms with E-state index >= 15 is 0 Å². The molecule has 0 bridgehead atoms. The first-order valence-corrected chi connectivity index (χ1v) is 6.87. The summed E-state index contributed by atoms with van der Waals surface area (Å²) in [6.45, 7) is 2.20. The maximum absolute atomic E-state index is 13.3. The third-order valence-electron chi connectivity index (χ3n) is 3.01. The fourth-order valence-electron chi connectivity index (χ4n) is 1.91. The van der Waals surface area contributed by atoms with Gasteiger partial charge in [0.05, 0.1) is 6.04 Å². The zero-order valence-corrected chi connectivity index (χ0v) is 12.2. The van der Waals surface area contributed by atoms with Crippen LogP contribution in [0, 0.1) is 12.7 Å². The summed E-state index contributed by atoms with van der Waals surface area (Å²) in [5.41, 5.74) is 8.41. The van der Waals surface area contributed by atoms with E-state index in [9.17, 15) is 4.39 Å². The van der Waals surface area contributed by atoms with Gasteiger partial charge in [-0.15, -0.1) is 0 Å². The highest BCUT2D eigenvalue weighted by molar-refractivity contribution is 9.10. The molecule has 0 aliphatic carbocycles. The van der Waals surface area contributed by atoms with Gasteiger partial charge < -0.3 is 11.1 Å². The van der Waals surface area contributed by atoms with E-state index in [1.165, 1.54) is 6.07 Å². The molecule has 0 saturated heterocycles. The Morgan fingerprint density at radius 2 is 1.89 bits per heavy atom. The van der Waals surface area contributed by atoms with E-state index in [2.05, 4.69) is 21.2 Å². The van der Waals surface area contributed by atoms with Crippen molar-refractivity contribution in [2.75, 3.05) is 11.9 Å². The second-order valence-electron chi connectivity index (χ2n) is 4.45. The van der Waals surface area contributed by atoms with Crippen LogP contribution in [0.15, 0.2) is 46.9 Å². The van der Waals surface area contributed by atoms with E-state index in [1.54, 1.807) is 13.0 Å². The summed E-state index contributed by atoms with van der Waals surface area (Å²) in [7, 11) is 0. The number of hydrogen-bond donors (Lipinski definition) is 2. The summed E-state index contributed by atoms with van der Waals surface area (Å²) in [6.07, 6.45) is 0. The van der Waals surface area contributed by atoms with Gasteiger partial charge in [0.15, 0.2) is 0 Å². The predicted molar refractivity (Wildman–Crippen MR) is 80.7 cm³/mol. The minimum atomic E-state index is -0.192. The lowest BCUT2D eigenvalue weighted by Gasteiger charge is -2.19. The van der Waals surface area contributed by atoms with Crippen LogP contribution in [0.25, 0.3) is 0 Å². The van der Waals surface area contributed by atoms with Crippen LogP contribution < -0.4 is 11.1 Å². The molecule has 2 aromatic carbocycles. The zero-order valence-electron chi connectivity index (χ0n) is 10.7. The highest BCUT2D eigenvalue weighted by atomic mass is 79.9. The topological polar surface area (TPSA) is 38.0 Å². The Morgan fingerprint density at radius 1 is 1.21 bits per heavy atom. The van der Waals surface area contributed by atoms with Gasteiger partial charge in [-0.25, -0.2) is 4.39 Å².